The van der Waals surface area contributed by atoms with Crippen LogP contribution < -0.4 is 25.1 Å². The van der Waals surface area contributed by atoms with E-state index in [9.17, 15) is 4.79 Å². The summed E-state index contributed by atoms with van der Waals surface area (Å²) in [7, 11) is 1.61. The number of nitrogens with zero attached hydrogens (tertiary/aromatic N) is 1. The van der Waals surface area contributed by atoms with Crippen molar-refractivity contribution in [3.63, 3.8) is 0 Å². The normalized spacial score (nSPS) is 15.5. The lowest BCUT2D eigenvalue weighted by Gasteiger charge is -2.25. The van der Waals surface area contributed by atoms with Gasteiger partial charge in [-0.15, -0.1) is 0 Å². The topological polar surface area (TPSA) is 81.7 Å². The maximum absolute atomic E-state index is 12.4. The summed E-state index contributed by atoms with van der Waals surface area (Å²) >= 11 is 1.44. The van der Waals surface area contributed by atoms with E-state index in [2.05, 4.69) is 15.8 Å². The molecule has 0 radical (unpaired) electrons. The van der Waals surface area contributed by atoms with E-state index in [1.165, 1.54) is 11.3 Å². The molecule has 7 nitrogen and oxygen atoms in total. The van der Waals surface area contributed by atoms with Crippen molar-refractivity contribution in [3.8, 4) is 17.2 Å². The molecule has 0 saturated heterocycles. The minimum atomic E-state index is -0.733. The number of hydrogen-bond donors (Lipinski definition) is 2. The average molecular weight is 371 g/mol. The van der Waals surface area contributed by atoms with Gasteiger partial charge in [0.1, 0.15) is 17.9 Å². The van der Waals surface area contributed by atoms with Crippen molar-refractivity contribution in [3.05, 3.63) is 42.0 Å². The third kappa shape index (κ3) is 2.99. The highest BCUT2D eigenvalue weighted by atomic mass is 32.1. The van der Waals surface area contributed by atoms with Crippen LogP contribution in [0.2, 0.25) is 0 Å². The quantitative estimate of drug-likeness (QED) is 0.687. The van der Waals surface area contributed by atoms with Gasteiger partial charge in [0.05, 0.1) is 11.8 Å². The van der Waals surface area contributed by atoms with Gasteiger partial charge >= 0.3 is 0 Å². The molecule has 1 amide bonds. The summed E-state index contributed by atoms with van der Waals surface area (Å²) in [5.74, 6) is 1.56. The van der Waals surface area contributed by atoms with Gasteiger partial charge in [-0.1, -0.05) is 29.5 Å². The number of benzene rings is 2. The lowest BCUT2D eigenvalue weighted by atomic mass is 10.2. The molecule has 0 saturated carbocycles. The molecule has 1 aliphatic heterocycles. The summed E-state index contributed by atoms with van der Waals surface area (Å²) in [6.07, 6.45) is -0.733. The van der Waals surface area contributed by atoms with E-state index in [0.717, 1.165) is 15.8 Å². The van der Waals surface area contributed by atoms with Gasteiger partial charge in [-0.3, -0.25) is 15.6 Å². The highest BCUT2D eigenvalue weighted by molar-refractivity contribution is 7.22. The number of nitrogens with one attached hydrogen (secondary N) is 2. The zero-order valence-electron chi connectivity index (χ0n) is 14.2. The summed E-state index contributed by atoms with van der Waals surface area (Å²) in [6, 6.07) is 11.1. The van der Waals surface area contributed by atoms with Gasteiger partial charge in [-0.25, -0.2) is 4.98 Å². The third-order valence-electron chi connectivity index (χ3n) is 4.02. The van der Waals surface area contributed by atoms with Crippen LogP contribution in [0, 0.1) is 6.92 Å². The number of aryl methyl sites for hydroxylation is 1. The van der Waals surface area contributed by atoms with Crippen LogP contribution in [0.25, 0.3) is 10.2 Å². The maximum atomic E-state index is 12.4. The first-order valence-electron chi connectivity index (χ1n) is 8.04. The number of amides is 1. The van der Waals surface area contributed by atoms with E-state index in [0.29, 0.717) is 22.4 Å². The average Bonchev–Trinajstić information content (AvgIpc) is 3.11. The Morgan fingerprint density at radius 3 is 2.88 bits per heavy atom. The van der Waals surface area contributed by atoms with Gasteiger partial charge in [0, 0.05) is 0 Å². The molecular weight excluding hydrogens is 354 g/mol. The minimum absolute atomic E-state index is 0.150. The molecule has 2 aromatic carbocycles. The van der Waals surface area contributed by atoms with E-state index < -0.39 is 6.10 Å². The Morgan fingerprint density at radius 1 is 1.27 bits per heavy atom. The molecule has 0 fully saturated rings. The Bertz CT molecular complexity index is 972. The fraction of sp³-hybridized carbons (Fsp3) is 0.222. The number of ether oxygens (including phenoxy) is 3. The van der Waals surface area contributed by atoms with Crippen LogP contribution in [-0.2, 0) is 4.79 Å². The molecule has 2 N–H and O–H groups in total. The fourth-order valence-corrected chi connectivity index (χ4v) is 3.58. The number of hydrazine groups is 1. The first kappa shape index (κ1) is 16.5. The van der Waals surface area contributed by atoms with Crippen molar-refractivity contribution in [2.75, 3.05) is 19.1 Å². The molecule has 1 atom stereocenters. The van der Waals surface area contributed by atoms with Gasteiger partial charge < -0.3 is 14.2 Å². The lowest BCUT2D eigenvalue weighted by molar-refractivity contribution is -0.129. The standard InChI is InChI=1S/C18H17N3O4S/c1-10-7-8-13(23-2)15-16(10)26-18(19-15)21-20-17(22)14-9-24-11-5-3-4-6-12(11)25-14/h3-8,14H,9H2,1-2H3,(H,19,21)(H,20,22)/t14-/m0/s1. The SMILES string of the molecule is COc1ccc(C)c2sc(NNC(=O)[C@@H]3COc4ccccc4O3)nc12. The Balaban J connectivity index is 1.45. The highest BCUT2D eigenvalue weighted by Gasteiger charge is 2.27. The molecule has 0 spiro atoms. The second-order valence-electron chi connectivity index (χ2n) is 5.76. The molecule has 3 aromatic rings. The van der Waals surface area contributed by atoms with Crippen molar-refractivity contribution in [2.24, 2.45) is 0 Å². The molecule has 8 heteroatoms. The van der Waals surface area contributed by atoms with Crippen molar-refractivity contribution < 1.29 is 19.0 Å². The van der Waals surface area contributed by atoms with Crippen LogP contribution in [0.1, 0.15) is 5.56 Å². The molecule has 4 rings (SSSR count). The van der Waals surface area contributed by atoms with E-state index >= 15 is 0 Å². The summed E-state index contributed by atoms with van der Waals surface area (Å²) < 4.78 is 17.6. The number of rotatable bonds is 4. The molecule has 26 heavy (non-hydrogen) atoms. The fourth-order valence-electron chi connectivity index (χ4n) is 2.67. The number of para-hydroxylation sites is 2. The van der Waals surface area contributed by atoms with Crippen LogP contribution in [0.3, 0.4) is 0 Å². The second kappa shape index (κ2) is 6.72. The maximum Gasteiger partial charge on any atom is 0.283 e. The zero-order valence-corrected chi connectivity index (χ0v) is 15.1. The first-order chi connectivity index (χ1) is 12.7. The van der Waals surface area contributed by atoms with Crippen LogP contribution in [0.4, 0.5) is 5.13 Å². The highest BCUT2D eigenvalue weighted by Crippen LogP contribution is 2.34. The second-order valence-corrected chi connectivity index (χ2v) is 6.76. The van der Waals surface area contributed by atoms with Crippen LogP contribution in [0.15, 0.2) is 36.4 Å². The van der Waals surface area contributed by atoms with Gasteiger partial charge in [0.15, 0.2) is 11.5 Å². The van der Waals surface area contributed by atoms with Crippen LogP contribution in [0.5, 0.6) is 17.2 Å². The molecule has 0 unspecified atom stereocenters. The van der Waals surface area contributed by atoms with Gasteiger partial charge in [-0.05, 0) is 30.7 Å². The number of anilines is 1. The monoisotopic (exact) mass is 371 g/mol. The van der Waals surface area contributed by atoms with E-state index in [-0.39, 0.29) is 12.5 Å². The lowest BCUT2D eigenvalue weighted by Crippen LogP contribution is -2.45. The molecule has 0 aliphatic carbocycles. The Labute approximate surface area is 153 Å². The summed E-state index contributed by atoms with van der Waals surface area (Å²) in [6.45, 7) is 2.16. The Hall–Kier alpha value is -3.00. The van der Waals surface area contributed by atoms with Gasteiger partial charge in [0.25, 0.3) is 5.91 Å². The zero-order chi connectivity index (χ0) is 18.1. The first-order valence-corrected chi connectivity index (χ1v) is 8.86. The molecule has 2 heterocycles. The Kier molecular flexibility index (Phi) is 4.26. The number of methoxy groups -OCH3 is 1. The van der Waals surface area contributed by atoms with E-state index in [1.807, 2.05) is 31.2 Å². The number of aromatic nitrogens is 1. The van der Waals surface area contributed by atoms with Crippen LogP contribution in [-0.4, -0.2) is 30.7 Å². The number of carbonyl (C=O) groups is 1. The predicted octanol–water partition coefficient (Wildman–Crippen LogP) is 2.90. The molecule has 134 valence electrons. The van der Waals surface area contributed by atoms with Crippen molar-refractivity contribution >= 4 is 32.6 Å². The number of thiazole rings is 1. The van der Waals surface area contributed by atoms with E-state index in [1.54, 1.807) is 19.2 Å². The Morgan fingerprint density at radius 2 is 2.08 bits per heavy atom. The minimum Gasteiger partial charge on any atom is -0.494 e. The van der Waals surface area contributed by atoms with Crippen molar-refractivity contribution in [1.29, 1.82) is 0 Å². The molecule has 1 aliphatic rings. The van der Waals surface area contributed by atoms with Crippen LogP contribution >= 0.6 is 11.3 Å². The number of carbonyl (C=O) groups excluding carboxylic acids is 1. The third-order valence-corrected chi connectivity index (χ3v) is 5.12. The van der Waals surface area contributed by atoms with E-state index in [4.69, 9.17) is 14.2 Å². The molecular formula is C18H17N3O4S. The molecule has 0 bridgehead atoms. The summed E-state index contributed by atoms with van der Waals surface area (Å²) in [5, 5.41) is 0.568. The molecule has 1 aromatic heterocycles. The predicted molar refractivity (Wildman–Crippen MR) is 99.0 cm³/mol. The van der Waals surface area contributed by atoms with Crippen molar-refractivity contribution in [1.82, 2.24) is 10.4 Å². The number of hydrogen-bond acceptors (Lipinski definition) is 7. The smallest absolute Gasteiger partial charge is 0.283 e. The van der Waals surface area contributed by atoms with Gasteiger partial charge in [-0.2, -0.15) is 0 Å². The van der Waals surface area contributed by atoms with Gasteiger partial charge in [0.2, 0.25) is 11.2 Å². The summed E-state index contributed by atoms with van der Waals surface area (Å²) in [5.41, 5.74) is 7.34. The largest absolute Gasteiger partial charge is 0.494 e. The van der Waals surface area contributed by atoms with Crippen molar-refractivity contribution in [2.45, 2.75) is 13.0 Å². The number of fused-ring (bicyclic) bond motifs is 2. The summed E-state index contributed by atoms with van der Waals surface area (Å²) in [4.78, 5) is 16.9.